The highest BCUT2D eigenvalue weighted by molar-refractivity contribution is 5.91. The number of aromatic amines is 1. The van der Waals surface area contributed by atoms with Crippen LogP contribution in [0.4, 0.5) is 0 Å². The molecular formula is C19H28N2O2. The Hall–Kier alpha value is -1.81. The van der Waals surface area contributed by atoms with E-state index in [0.717, 1.165) is 36.8 Å². The van der Waals surface area contributed by atoms with Crippen LogP contribution in [0.3, 0.4) is 0 Å². The number of H-pyrrole nitrogens is 1. The van der Waals surface area contributed by atoms with Gasteiger partial charge in [-0.3, -0.25) is 4.79 Å². The number of carbonyl (C=O) groups excluding carboxylic acids is 1. The van der Waals surface area contributed by atoms with Gasteiger partial charge in [-0.25, -0.2) is 0 Å². The number of carbonyl (C=O) groups is 1. The SMILES string of the molecule is CCCC(=O)Oc1cccc2[nH]cc(CCN(CC)C(C)C)c12. The van der Waals surface area contributed by atoms with Gasteiger partial charge in [-0.05, 0) is 50.9 Å². The second-order valence-corrected chi connectivity index (χ2v) is 6.19. The third-order valence-electron chi connectivity index (χ3n) is 4.23. The summed E-state index contributed by atoms with van der Waals surface area (Å²) in [4.78, 5) is 17.6. The van der Waals surface area contributed by atoms with Crippen LogP contribution >= 0.6 is 0 Å². The average molecular weight is 316 g/mol. The smallest absolute Gasteiger partial charge is 0.311 e. The van der Waals surface area contributed by atoms with Gasteiger partial charge in [-0.2, -0.15) is 0 Å². The zero-order valence-electron chi connectivity index (χ0n) is 14.7. The molecule has 1 aromatic carbocycles. The molecule has 4 heteroatoms. The van der Waals surface area contributed by atoms with Gasteiger partial charge < -0.3 is 14.6 Å². The molecular weight excluding hydrogens is 288 g/mol. The predicted molar refractivity (Wildman–Crippen MR) is 94.9 cm³/mol. The van der Waals surface area contributed by atoms with Gasteiger partial charge in [0.25, 0.3) is 0 Å². The van der Waals surface area contributed by atoms with E-state index in [1.54, 1.807) is 0 Å². The molecule has 0 amide bonds. The molecule has 0 atom stereocenters. The second kappa shape index (κ2) is 8.16. The van der Waals surface area contributed by atoms with E-state index in [1.807, 2.05) is 31.3 Å². The Morgan fingerprint density at radius 2 is 2.09 bits per heavy atom. The Balaban J connectivity index is 2.22. The van der Waals surface area contributed by atoms with Gasteiger partial charge in [0.2, 0.25) is 0 Å². The molecule has 2 rings (SSSR count). The summed E-state index contributed by atoms with van der Waals surface area (Å²) in [6, 6.07) is 6.36. The van der Waals surface area contributed by atoms with Crippen molar-refractivity contribution in [2.45, 2.75) is 53.0 Å². The highest BCUT2D eigenvalue weighted by atomic mass is 16.5. The first-order valence-electron chi connectivity index (χ1n) is 8.60. The molecule has 1 N–H and O–H groups in total. The molecule has 0 saturated heterocycles. The van der Waals surface area contributed by atoms with Crippen molar-refractivity contribution in [2.75, 3.05) is 13.1 Å². The lowest BCUT2D eigenvalue weighted by Crippen LogP contribution is -2.32. The van der Waals surface area contributed by atoms with E-state index in [-0.39, 0.29) is 5.97 Å². The van der Waals surface area contributed by atoms with Gasteiger partial charge in [0.05, 0.1) is 0 Å². The summed E-state index contributed by atoms with van der Waals surface area (Å²) in [6.45, 7) is 10.6. The Labute approximate surface area is 138 Å². The maximum Gasteiger partial charge on any atom is 0.311 e. The fourth-order valence-electron chi connectivity index (χ4n) is 2.93. The van der Waals surface area contributed by atoms with Gasteiger partial charge in [-0.15, -0.1) is 0 Å². The van der Waals surface area contributed by atoms with Crippen LogP contribution in [0.25, 0.3) is 10.9 Å². The lowest BCUT2D eigenvalue weighted by atomic mass is 10.1. The number of ether oxygens (including phenoxy) is 1. The Morgan fingerprint density at radius 3 is 2.74 bits per heavy atom. The molecule has 0 aliphatic rings. The number of likely N-dealkylation sites (N-methyl/N-ethyl adjacent to an activating group) is 1. The van der Waals surface area contributed by atoms with Gasteiger partial charge in [0.15, 0.2) is 0 Å². The van der Waals surface area contributed by atoms with Crippen molar-refractivity contribution in [3.05, 3.63) is 30.0 Å². The fourth-order valence-corrected chi connectivity index (χ4v) is 2.93. The number of aromatic nitrogens is 1. The molecule has 0 spiro atoms. The molecule has 0 radical (unpaired) electrons. The summed E-state index contributed by atoms with van der Waals surface area (Å²) in [5.74, 6) is 0.509. The molecule has 23 heavy (non-hydrogen) atoms. The summed E-state index contributed by atoms with van der Waals surface area (Å²) >= 11 is 0. The lowest BCUT2D eigenvalue weighted by Gasteiger charge is -2.24. The van der Waals surface area contributed by atoms with Crippen molar-refractivity contribution in [1.82, 2.24) is 9.88 Å². The zero-order valence-corrected chi connectivity index (χ0v) is 14.7. The van der Waals surface area contributed by atoms with E-state index in [1.165, 1.54) is 5.56 Å². The van der Waals surface area contributed by atoms with Gasteiger partial charge in [0, 0.05) is 36.1 Å². The Kier molecular flexibility index (Phi) is 6.22. The largest absolute Gasteiger partial charge is 0.426 e. The average Bonchev–Trinajstić information content (AvgIpc) is 2.92. The molecule has 4 nitrogen and oxygen atoms in total. The molecule has 0 aliphatic carbocycles. The molecule has 0 bridgehead atoms. The Bertz CT molecular complexity index is 646. The third-order valence-corrected chi connectivity index (χ3v) is 4.23. The van der Waals surface area contributed by atoms with E-state index in [9.17, 15) is 4.79 Å². The van der Waals surface area contributed by atoms with Crippen LogP contribution in [0, 0.1) is 0 Å². The summed E-state index contributed by atoms with van der Waals surface area (Å²) in [6.07, 6.45) is 4.23. The van der Waals surface area contributed by atoms with Crippen LogP contribution in [0.1, 0.15) is 46.1 Å². The number of esters is 1. The number of hydrogen-bond acceptors (Lipinski definition) is 3. The minimum Gasteiger partial charge on any atom is -0.426 e. The first-order valence-corrected chi connectivity index (χ1v) is 8.60. The number of nitrogens with one attached hydrogen (secondary N) is 1. The molecule has 2 aromatic rings. The van der Waals surface area contributed by atoms with E-state index < -0.39 is 0 Å². The molecule has 0 fully saturated rings. The molecule has 0 unspecified atom stereocenters. The third kappa shape index (κ3) is 4.35. The number of benzene rings is 1. The van der Waals surface area contributed by atoms with Crippen LogP contribution in [0.15, 0.2) is 24.4 Å². The van der Waals surface area contributed by atoms with Crippen LogP contribution in [0.2, 0.25) is 0 Å². The first kappa shape index (κ1) is 17.5. The Morgan fingerprint density at radius 1 is 1.30 bits per heavy atom. The van der Waals surface area contributed by atoms with E-state index in [4.69, 9.17) is 4.74 Å². The fraction of sp³-hybridized carbons (Fsp3) is 0.526. The standard InChI is InChI=1S/C19H28N2O2/c1-5-8-18(22)23-17-10-7-9-16-19(17)15(13-20-16)11-12-21(6-2)14(3)4/h7,9-10,13-14,20H,5-6,8,11-12H2,1-4H3. The maximum absolute atomic E-state index is 11.9. The maximum atomic E-state index is 11.9. The predicted octanol–water partition coefficient (Wildman–Crippen LogP) is 4.15. The van der Waals surface area contributed by atoms with Crippen LogP contribution < -0.4 is 4.74 Å². The van der Waals surface area contributed by atoms with Crippen molar-refractivity contribution in [1.29, 1.82) is 0 Å². The van der Waals surface area contributed by atoms with Crippen LogP contribution in [0.5, 0.6) is 5.75 Å². The van der Waals surface area contributed by atoms with Gasteiger partial charge in [-0.1, -0.05) is 19.9 Å². The van der Waals surface area contributed by atoms with Crippen molar-refractivity contribution in [2.24, 2.45) is 0 Å². The number of hydrogen-bond donors (Lipinski definition) is 1. The van der Waals surface area contributed by atoms with Gasteiger partial charge >= 0.3 is 5.97 Å². The summed E-state index contributed by atoms with van der Waals surface area (Å²) in [7, 11) is 0. The minimum absolute atomic E-state index is 0.162. The van der Waals surface area contributed by atoms with Crippen molar-refractivity contribution < 1.29 is 9.53 Å². The second-order valence-electron chi connectivity index (χ2n) is 6.19. The highest BCUT2D eigenvalue weighted by Gasteiger charge is 2.14. The lowest BCUT2D eigenvalue weighted by molar-refractivity contribution is -0.134. The van der Waals surface area contributed by atoms with Crippen molar-refractivity contribution >= 4 is 16.9 Å². The van der Waals surface area contributed by atoms with Gasteiger partial charge in [0.1, 0.15) is 5.75 Å². The monoisotopic (exact) mass is 316 g/mol. The van der Waals surface area contributed by atoms with Crippen LogP contribution in [-0.2, 0) is 11.2 Å². The molecule has 126 valence electrons. The summed E-state index contributed by atoms with van der Waals surface area (Å²) in [5.41, 5.74) is 2.23. The molecule has 0 aliphatic heterocycles. The van der Waals surface area contributed by atoms with Crippen LogP contribution in [-0.4, -0.2) is 35.0 Å². The summed E-state index contributed by atoms with van der Waals surface area (Å²) in [5, 5.41) is 1.04. The topological polar surface area (TPSA) is 45.3 Å². The first-order chi connectivity index (χ1) is 11.1. The highest BCUT2D eigenvalue weighted by Crippen LogP contribution is 2.29. The van der Waals surface area contributed by atoms with E-state index in [2.05, 4.69) is 30.7 Å². The molecule has 0 saturated carbocycles. The zero-order chi connectivity index (χ0) is 16.8. The van der Waals surface area contributed by atoms with E-state index in [0.29, 0.717) is 18.2 Å². The normalized spacial score (nSPS) is 11.6. The minimum atomic E-state index is -0.162. The quantitative estimate of drug-likeness (QED) is 0.588. The summed E-state index contributed by atoms with van der Waals surface area (Å²) < 4.78 is 5.58. The van der Waals surface area contributed by atoms with Crippen molar-refractivity contribution in [3.8, 4) is 5.75 Å². The number of rotatable bonds is 8. The number of fused-ring (bicyclic) bond motifs is 1. The molecule has 1 aromatic heterocycles. The number of nitrogens with zero attached hydrogens (tertiary/aromatic N) is 1. The van der Waals surface area contributed by atoms with Crippen molar-refractivity contribution in [3.63, 3.8) is 0 Å². The van der Waals surface area contributed by atoms with E-state index >= 15 is 0 Å². The molecule has 1 heterocycles.